The normalized spacial score (nSPS) is 20.6. The van der Waals surface area contributed by atoms with Crippen LogP contribution in [0.3, 0.4) is 0 Å². The Kier molecular flexibility index (Phi) is 4.51. The first-order chi connectivity index (χ1) is 3.00. The molecule has 4 radical (unpaired) electrons. The lowest BCUT2D eigenvalue weighted by atomic mass is 10.0. The molecule has 1 aliphatic carbocycles. The van der Waals surface area contributed by atoms with Gasteiger partial charge in [-0.3, -0.25) is 0 Å². The van der Waals surface area contributed by atoms with E-state index in [0.29, 0.717) is 0 Å². The van der Waals surface area contributed by atoms with E-state index in [2.05, 4.69) is 0 Å². The van der Waals surface area contributed by atoms with Crippen LogP contribution in [0.4, 0.5) is 0 Å². The van der Waals surface area contributed by atoms with E-state index in [1.807, 2.05) is 0 Å². The van der Waals surface area contributed by atoms with Crippen molar-refractivity contribution in [3.63, 3.8) is 0 Å². The van der Waals surface area contributed by atoms with Crippen LogP contribution < -0.4 is 0 Å². The van der Waals surface area contributed by atoms with E-state index >= 15 is 0 Å². The Labute approximate surface area is 50.3 Å². The molecule has 0 N–H and O–H groups in total. The van der Waals surface area contributed by atoms with Crippen LogP contribution in [0, 0.1) is 0 Å². The van der Waals surface area contributed by atoms with Crippen molar-refractivity contribution < 1.29 is 0 Å². The molecular formula is C6H12Si. The summed E-state index contributed by atoms with van der Waals surface area (Å²) in [7, 11) is 0. The van der Waals surface area contributed by atoms with E-state index in [0.717, 1.165) is 0 Å². The van der Waals surface area contributed by atoms with Gasteiger partial charge in [0, 0.05) is 11.0 Å². The zero-order chi connectivity index (χ0) is 4.24. The molecule has 0 spiro atoms. The second kappa shape index (κ2) is 4.38. The van der Waals surface area contributed by atoms with Gasteiger partial charge >= 0.3 is 0 Å². The van der Waals surface area contributed by atoms with Gasteiger partial charge < -0.3 is 0 Å². The zero-order valence-electron chi connectivity index (χ0n) is 4.74. The van der Waals surface area contributed by atoms with Crippen LogP contribution in [0.15, 0.2) is 0 Å². The van der Waals surface area contributed by atoms with Crippen molar-refractivity contribution in [2.75, 3.05) is 0 Å². The number of hydrogen-bond donors (Lipinski definition) is 0. The number of rotatable bonds is 0. The summed E-state index contributed by atoms with van der Waals surface area (Å²) in [6.07, 6.45) is 9.00. The molecule has 0 nitrogen and oxygen atoms in total. The summed E-state index contributed by atoms with van der Waals surface area (Å²) in [5.74, 6) is 0. The molecule has 0 bridgehead atoms. The molecule has 1 aliphatic rings. The lowest BCUT2D eigenvalue weighted by Gasteiger charge is -2.05. The largest absolute Gasteiger partial charge is 0.0533 e. The maximum absolute atomic E-state index is 1.50. The Morgan fingerprint density at radius 3 is 0.714 bits per heavy atom. The highest BCUT2D eigenvalue weighted by Gasteiger charge is 1.95. The molecular weight excluding hydrogens is 100 g/mol. The summed E-state index contributed by atoms with van der Waals surface area (Å²) in [5.41, 5.74) is 0. The summed E-state index contributed by atoms with van der Waals surface area (Å²) < 4.78 is 0. The lowest BCUT2D eigenvalue weighted by Crippen LogP contribution is -1.85. The molecule has 0 unspecified atom stereocenters. The SMILES string of the molecule is C1CCCCC1.[Si]. The maximum Gasteiger partial charge on any atom is 0 e. The van der Waals surface area contributed by atoms with Crippen molar-refractivity contribution in [3.8, 4) is 0 Å². The fourth-order valence-electron chi connectivity index (χ4n) is 1.06. The zero-order valence-corrected chi connectivity index (χ0v) is 5.74. The van der Waals surface area contributed by atoms with E-state index in [4.69, 9.17) is 0 Å². The molecule has 1 saturated carbocycles. The van der Waals surface area contributed by atoms with Crippen molar-refractivity contribution in [2.24, 2.45) is 0 Å². The van der Waals surface area contributed by atoms with Gasteiger partial charge in [-0.25, -0.2) is 0 Å². The van der Waals surface area contributed by atoms with Crippen molar-refractivity contribution >= 4 is 11.0 Å². The molecule has 0 atom stereocenters. The molecule has 0 aromatic heterocycles. The third kappa shape index (κ3) is 2.86. The molecule has 40 valence electrons. The highest BCUT2D eigenvalue weighted by molar-refractivity contribution is 5.75. The molecule has 0 heterocycles. The Morgan fingerprint density at radius 1 is 0.429 bits per heavy atom. The van der Waals surface area contributed by atoms with Gasteiger partial charge in [0.15, 0.2) is 0 Å². The molecule has 0 aromatic carbocycles. The smallest absolute Gasteiger partial charge is 0 e. The van der Waals surface area contributed by atoms with Crippen LogP contribution in [0.5, 0.6) is 0 Å². The van der Waals surface area contributed by atoms with Crippen molar-refractivity contribution in [1.29, 1.82) is 0 Å². The van der Waals surface area contributed by atoms with E-state index in [1.165, 1.54) is 38.5 Å². The van der Waals surface area contributed by atoms with E-state index in [9.17, 15) is 0 Å². The van der Waals surface area contributed by atoms with Gasteiger partial charge in [-0.15, -0.1) is 0 Å². The second-order valence-electron chi connectivity index (χ2n) is 2.12. The Bertz CT molecular complexity index is 19.7. The third-order valence-corrected chi connectivity index (χ3v) is 1.50. The summed E-state index contributed by atoms with van der Waals surface area (Å²) in [4.78, 5) is 0. The fraction of sp³-hybridized carbons (Fsp3) is 1.00. The first-order valence-electron chi connectivity index (χ1n) is 3.00. The predicted molar refractivity (Wildman–Crippen MR) is 33.5 cm³/mol. The Balaban J connectivity index is 0.000000360. The van der Waals surface area contributed by atoms with Crippen LogP contribution in [0.2, 0.25) is 0 Å². The van der Waals surface area contributed by atoms with Crippen molar-refractivity contribution in [1.82, 2.24) is 0 Å². The molecule has 0 aliphatic heterocycles. The summed E-state index contributed by atoms with van der Waals surface area (Å²) in [6, 6.07) is 0. The van der Waals surface area contributed by atoms with Crippen LogP contribution in [-0.2, 0) is 0 Å². The maximum atomic E-state index is 1.50. The molecule has 0 amide bonds. The van der Waals surface area contributed by atoms with Crippen LogP contribution >= 0.6 is 0 Å². The molecule has 7 heavy (non-hydrogen) atoms. The van der Waals surface area contributed by atoms with Gasteiger partial charge in [-0.2, -0.15) is 0 Å². The third-order valence-electron chi connectivity index (χ3n) is 1.50. The second-order valence-corrected chi connectivity index (χ2v) is 2.12. The van der Waals surface area contributed by atoms with Crippen LogP contribution in [-0.4, -0.2) is 11.0 Å². The minimum absolute atomic E-state index is 0. The predicted octanol–water partition coefficient (Wildman–Crippen LogP) is 1.96. The van der Waals surface area contributed by atoms with E-state index < -0.39 is 0 Å². The van der Waals surface area contributed by atoms with Crippen molar-refractivity contribution in [3.05, 3.63) is 0 Å². The van der Waals surface area contributed by atoms with E-state index in [1.54, 1.807) is 0 Å². The topological polar surface area (TPSA) is 0 Å². The Morgan fingerprint density at radius 2 is 0.571 bits per heavy atom. The minimum atomic E-state index is 0. The standard InChI is InChI=1S/C6H12.Si/c1-2-4-6-5-3-1;/h1-6H2;. The average molecular weight is 112 g/mol. The highest BCUT2D eigenvalue weighted by Crippen LogP contribution is 2.15. The quantitative estimate of drug-likeness (QED) is 0.420. The summed E-state index contributed by atoms with van der Waals surface area (Å²) in [6.45, 7) is 0. The van der Waals surface area contributed by atoms with Gasteiger partial charge in [-0.05, 0) is 0 Å². The lowest BCUT2D eigenvalue weighted by molar-refractivity contribution is 0.504. The first kappa shape index (κ1) is 7.22. The van der Waals surface area contributed by atoms with Crippen LogP contribution in [0.1, 0.15) is 38.5 Å². The van der Waals surface area contributed by atoms with Gasteiger partial charge in [-0.1, -0.05) is 38.5 Å². The number of hydrogen-bond acceptors (Lipinski definition) is 0. The van der Waals surface area contributed by atoms with Gasteiger partial charge in [0.25, 0.3) is 0 Å². The molecule has 0 saturated heterocycles. The Hall–Kier alpha value is 0.217. The van der Waals surface area contributed by atoms with Gasteiger partial charge in [0.1, 0.15) is 0 Å². The van der Waals surface area contributed by atoms with E-state index in [-0.39, 0.29) is 11.0 Å². The highest BCUT2D eigenvalue weighted by atomic mass is 28.1. The first-order valence-corrected chi connectivity index (χ1v) is 3.00. The molecule has 0 aromatic rings. The van der Waals surface area contributed by atoms with Gasteiger partial charge in [0.05, 0.1) is 0 Å². The fourth-order valence-corrected chi connectivity index (χ4v) is 1.06. The molecule has 1 rings (SSSR count). The summed E-state index contributed by atoms with van der Waals surface area (Å²) >= 11 is 0. The van der Waals surface area contributed by atoms with Gasteiger partial charge in [0.2, 0.25) is 0 Å². The molecule has 1 heteroatoms. The minimum Gasteiger partial charge on any atom is -0.0533 e. The van der Waals surface area contributed by atoms with Crippen LogP contribution in [0.25, 0.3) is 0 Å². The monoisotopic (exact) mass is 112 g/mol. The van der Waals surface area contributed by atoms with Crippen molar-refractivity contribution in [2.45, 2.75) is 38.5 Å². The summed E-state index contributed by atoms with van der Waals surface area (Å²) in [5, 5.41) is 0. The molecule has 1 fully saturated rings. The average Bonchev–Trinajstić information content (AvgIpc) is 1.72.